The molecule has 2 N–H and O–H groups in total. The van der Waals surface area contributed by atoms with Crippen molar-refractivity contribution in [1.29, 1.82) is 0 Å². The maximum Gasteiger partial charge on any atom is 0.255 e. The summed E-state index contributed by atoms with van der Waals surface area (Å²) in [6, 6.07) is 13.0. The summed E-state index contributed by atoms with van der Waals surface area (Å²) in [6.45, 7) is 6.37. The summed E-state index contributed by atoms with van der Waals surface area (Å²) in [6.07, 6.45) is 2.69. The molecule has 32 heavy (non-hydrogen) atoms. The van der Waals surface area contributed by atoms with E-state index in [2.05, 4.69) is 40.7 Å². The second-order valence-electron chi connectivity index (χ2n) is 7.41. The molecule has 0 saturated carbocycles. The Hall–Kier alpha value is -2.78. The number of thioether (sulfide) groups is 2. The van der Waals surface area contributed by atoms with E-state index in [-0.39, 0.29) is 17.6 Å². The van der Waals surface area contributed by atoms with Crippen molar-refractivity contribution in [2.45, 2.75) is 42.5 Å². The lowest BCUT2D eigenvalue weighted by Gasteiger charge is -2.13. The molecule has 0 spiro atoms. The molecule has 3 rings (SSSR count). The normalized spacial score (nSPS) is 11.8. The number of rotatable bonds is 9. The number of nitrogens with zero attached hydrogens (tertiary/aromatic N) is 3. The number of anilines is 2. The third kappa shape index (κ3) is 6.61. The van der Waals surface area contributed by atoms with E-state index >= 15 is 0 Å². The smallest absolute Gasteiger partial charge is 0.255 e. The molecule has 9 heteroatoms. The summed E-state index contributed by atoms with van der Waals surface area (Å²) in [5.41, 5.74) is 2.83. The molecular weight excluding hydrogens is 442 g/mol. The average molecular weight is 470 g/mol. The molecule has 0 radical (unpaired) electrons. The van der Waals surface area contributed by atoms with E-state index in [0.29, 0.717) is 21.7 Å². The maximum atomic E-state index is 12.8. The molecule has 168 valence electrons. The van der Waals surface area contributed by atoms with Gasteiger partial charge in [-0.15, -0.1) is 22.0 Å². The minimum atomic E-state index is -0.222. The topological polar surface area (TPSA) is 88.9 Å². The summed E-state index contributed by atoms with van der Waals surface area (Å²) in [5.74, 6) is -0.204. The number of aryl methyl sites for hydroxylation is 2. The van der Waals surface area contributed by atoms with E-state index in [1.54, 1.807) is 35.2 Å². The molecule has 2 amide bonds. The van der Waals surface area contributed by atoms with E-state index in [1.165, 1.54) is 16.7 Å². The minimum Gasteiger partial charge on any atom is -0.325 e. The van der Waals surface area contributed by atoms with Gasteiger partial charge in [0.15, 0.2) is 5.16 Å². The quantitative estimate of drug-likeness (QED) is 0.429. The SMILES string of the molecule is CCC(C)Sc1ccc(NC(=O)c2cccc(NC(=O)CSc3nncn3C)c2)c(C)c1. The van der Waals surface area contributed by atoms with Crippen molar-refractivity contribution in [3.8, 4) is 0 Å². The molecule has 0 aliphatic rings. The molecule has 0 aliphatic heterocycles. The Kier molecular flexibility index (Phi) is 8.35. The fraction of sp³-hybridized carbons (Fsp3) is 0.304. The molecule has 1 aromatic heterocycles. The average Bonchev–Trinajstić information content (AvgIpc) is 3.19. The van der Waals surface area contributed by atoms with Crippen LogP contribution in [0.5, 0.6) is 0 Å². The predicted octanol–water partition coefficient (Wildman–Crippen LogP) is 5.00. The number of benzene rings is 2. The molecule has 0 aliphatic carbocycles. The van der Waals surface area contributed by atoms with E-state index < -0.39 is 0 Å². The van der Waals surface area contributed by atoms with Gasteiger partial charge in [-0.05, 0) is 55.3 Å². The van der Waals surface area contributed by atoms with Gasteiger partial charge in [-0.3, -0.25) is 9.59 Å². The van der Waals surface area contributed by atoms with Gasteiger partial charge in [0, 0.05) is 34.1 Å². The molecule has 7 nitrogen and oxygen atoms in total. The first-order valence-corrected chi connectivity index (χ1v) is 12.2. The van der Waals surface area contributed by atoms with Gasteiger partial charge in [-0.2, -0.15) is 0 Å². The Morgan fingerprint density at radius 3 is 2.66 bits per heavy atom. The highest BCUT2D eigenvalue weighted by atomic mass is 32.2. The number of carbonyl (C=O) groups excluding carboxylic acids is 2. The number of nitrogens with one attached hydrogen (secondary N) is 2. The van der Waals surface area contributed by atoms with Crippen molar-refractivity contribution in [3.05, 3.63) is 59.9 Å². The Balaban J connectivity index is 1.60. The monoisotopic (exact) mass is 469 g/mol. The second-order valence-corrected chi connectivity index (χ2v) is 9.86. The molecule has 1 atom stereocenters. The van der Waals surface area contributed by atoms with Gasteiger partial charge in [-0.25, -0.2) is 0 Å². The van der Waals surface area contributed by atoms with E-state index in [0.717, 1.165) is 17.7 Å². The fourth-order valence-corrected chi connectivity index (χ4v) is 4.54. The van der Waals surface area contributed by atoms with Crippen LogP contribution in [0, 0.1) is 6.92 Å². The van der Waals surface area contributed by atoms with Crippen molar-refractivity contribution in [2.24, 2.45) is 7.05 Å². The lowest BCUT2D eigenvalue weighted by molar-refractivity contribution is -0.113. The van der Waals surface area contributed by atoms with Crippen LogP contribution in [0.2, 0.25) is 0 Å². The first-order valence-electron chi connectivity index (χ1n) is 10.3. The number of aromatic nitrogens is 3. The Morgan fingerprint density at radius 1 is 1.16 bits per heavy atom. The molecule has 1 heterocycles. The van der Waals surface area contributed by atoms with Gasteiger partial charge in [0.2, 0.25) is 5.91 Å². The highest BCUT2D eigenvalue weighted by molar-refractivity contribution is 8.00. The van der Waals surface area contributed by atoms with Crippen molar-refractivity contribution < 1.29 is 9.59 Å². The van der Waals surface area contributed by atoms with Gasteiger partial charge in [-0.1, -0.05) is 31.7 Å². The van der Waals surface area contributed by atoms with E-state index in [1.807, 2.05) is 37.9 Å². The fourth-order valence-electron chi connectivity index (χ4n) is 2.83. The molecule has 0 bridgehead atoms. The summed E-state index contributed by atoms with van der Waals surface area (Å²) < 4.78 is 1.75. The lowest BCUT2D eigenvalue weighted by Crippen LogP contribution is -2.16. The Morgan fingerprint density at radius 2 is 1.97 bits per heavy atom. The minimum absolute atomic E-state index is 0.180. The van der Waals surface area contributed by atoms with Crippen LogP contribution in [0.1, 0.15) is 36.2 Å². The molecule has 1 unspecified atom stereocenters. The van der Waals surface area contributed by atoms with E-state index in [9.17, 15) is 9.59 Å². The van der Waals surface area contributed by atoms with Crippen LogP contribution < -0.4 is 10.6 Å². The van der Waals surface area contributed by atoms with Crippen molar-refractivity contribution >= 4 is 46.7 Å². The zero-order valence-electron chi connectivity index (χ0n) is 18.6. The zero-order chi connectivity index (χ0) is 23.1. The van der Waals surface area contributed by atoms with Crippen LogP contribution in [0.15, 0.2) is 58.8 Å². The number of amides is 2. The summed E-state index contributed by atoms with van der Waals surface area (Å²) in [7, 11) is 1.82. The molecule has 0 saturated heterocycles. The lowest BCUT2D eigenvalue weighted by atomic mass is 10.1. The third-order valence-corrected chi connectivity index (χ3v) is 7.07. The van der Waals surface area contributed by atoms with Crippen LogP contribution in [0.4, 0.5) is 11.4 Å². The van der Waals surface area contributed by atoms with Crippen LogP contribution >= 0.6 is 23.5 Å². The van der Waals surface area contributed by atoms with Gasteiger partial charge in [0.1, 0.15) is 6.33 Å². The number of hydrogen-bond donors (Lipinski definition) is 2. The second kappa shape index (κ2) is 11.2. The van der Waals surface area contributed by atoms with Crippen LogP contribution in [0.3, 0.4) is 0 Å². The first kappa shape index (κ1) is 23.9. The van der Waals surface area contributed by atoms with Crippen molar-refractivity contribution in [1.82, 2.24) is 14.8 Å². The summed E-state index contributed by atoms with van der Waals surface area (Å²) >= 11 is 3.13. The largest absolute Gasteiger partial charge is 0.325 e. The maximum absolute atomic E-state index is 12.8. The van der Waals surface area contributed by atoms with Crippen LogP contribution in [0.25, 0.3) is 0 Å². The van der Waals surface area contributed by atoms with Crippen molar-refractivity contribution in [3.63, 3.8) is 0 Å². The number of carbonyl (C=O) groups is 2. The van der Waals surface area contributed by atoms with E-state index in [4.69, 9.17) is 0 Å². The first-order chi connectivity index (χ1) is 15.4. The Labute approximate surface area is 196 Å². The standard InChI is InChI=1S/C23H27N5O2S2/c1-5-16(3)32-19-9-10-20(15(2)11-19)26-22(30)17-7-6-8-18(12-17)25-21(29)13-31-23-27-24-14-28(23)4/h6-12,14,16H,5,13H2,1-4H3,(H,25,29)(H,26,30). The van der Waals surface area contributed by atoms with Gasteiger partial charge in [0.25, 0.3) is 5.91 Å². The third-order valence-electron chi connectivity index (χ3n) is 4.77. The summed E-state index contributed by atoms with van der Waals surface area (Å²) in [5, 5.41) is 14.7. The zero-order valence-corrected chi connectivity index (χ0v) is 20.2. The molecule has 0 fully saturated rings. The highest BCUT2D eigenvalue weighted by Crippen LogP contribution is 2.28. The molecule has 3 aromatic rings. The predicted molar refractivity (Wildman–Crippen MR) is 132 cm³/mol. The Bertz CT molecular complexity index is 1100. The number of hydrogen-bond acceptors (Lipinski definition) is 6. The van der Waals surface area contributed by atoms with Crippen LogP contribution in [-0.2, 0) is 11.8 Å². The van der Waals surface area contributed by atoms with Crippen molar-refractivity contribution in [2.75, 3.05) is 16.4 Å². The molecular formula is C23H27N5O2S2. The highest BCUT2D eigenvalue weighted by Gasteiger charge is 2.12. The van der Waals surface area contributed by atoms with Gasteiger partial charge in [0.05, 0.1) is 5.75 Å². The molecule has 2 aromatic carbocycles. The summed E-state index contributed by atoms with van der Waals surface area (Å²) in [4.78, 5) is 26.2. The van der Waals surface area contributed by atoms with Gasteiger partial charge >= 0.3 is 0 Å². The van der Waals surface area contributed by atoms with Crippen LogP contribution in [-0.4, -0.2) is 37.6 Å². The van der Waals surface area contributed by atoms with Gasteiger partial charge < -0.3 is 15.2 Å².